The number of anilines is 1. The zero-order valence-corrected chi connectivity index (χ0v) is 12.9. The van der Waals surface area contributed by atoms with E-state index in [2.05, 4.69) is 10.3 Å². The highest BCUT2D eigenvalue weighted by Crippen LogP contribution is 2.30. The van der Waals surface area contributed by atoms with Gasteiger partial charge < -0.3 is 5.32 Å². The maximum Gasteiger partial charge on any atom is 0.511 e. The first-order valence-electron chi connectivity index (χ1n) is 6.91. The van der Waals surface area contributed by atoms with Gasteiger partial charge in [0.1, 0.15) is 11.9 Å². The van der Waals surface area contributed by atoms with Gasteiger partial charge in [-0.05, 0) is 30.9 Å². The molecule has 6 nitrogen and oxygen atoms in total. The van der Waals surface area contributed by atoms with Crippen LogP contribution in [0, 0.1) is 17.2 Å². The molecule has 0 atom stereocenters. The van der Waals surface area contributed by atoms with Crippen molar-refractivity contribution in [1.29, 1.82) is 5.26 Å². The fourth-order valence-electron chi connectivity index (χ4n) is 2.38. The van der Waals surface area contributed by atoms with Gasteiger partial charge in [-0.25, -0.2) is 13.4 Å². The number of pyridine rings is 1. The van der Waals surface area contributed by atoms with E-state index in [4.69, 9.17) is 5.26 Å². The number of hydrogen-bond acceptors (Lipinski definition) is 5. The molecule has 2 heterocycles. The highest BCUT2D eigenvalue weighted by atomic mass is 32.2. The smallest absolute Gasteiger partial charge is 0.369 e. The second kappa shape index (κ2) is 6.72. The molecule has 0 radical (unpaired) electrons. The standard InChI is InChI=1S/C13H15F3N4O2S/c14-13(15,16)23(21,22)20-6-3-10(4-7-20)9-19-12-11(8-17)2-1-5-18-12/h1-2,5,10H,3-4,6-7,9H2,(H,18,19). The summed E-state index contributed by atoms with van der Waals surface area (Å²) in [6.07, 6.45) is 2.16. The minimum Gasteiger partial charge on any atom is -0.369 e. The minimum absolute atomic E-state index is 0.0169. The van der Waals surface area contributed by atoms with E-state index in [9.17, 15) is 21.6 Å². The van der Waals surface area contributed by atoms with E-state index >= 15 is 0 Å². The Bertz CT molecular complexity index is 692. The quantitative estimate of drug-likeness (QED) is 0.898. The molecule has 0 amide bonds. The second-order valence-electron chi connectivity index (χ2n) is 5.19. The van der Waals surface area contributed by atoms with E-state index in [1.807, 2.05) is 6.07 Å². The molecule has 1 fully saturated rings. The summed E-state index contributed by atoms with van der Waals surface area (Å²) in [6, 6.07) is 5.22. The molecule has 0 bridgehead atoms. The Labute approximate surface area is 132 Å². The van der Waals surface area contributed by atoms with Crippen molar-refractivity contribution in [3.05, 3.63) is 23.9 Å². The normalized spacial score (nSPS) is 17.7. The average molecular weight is 348 g/mol. The maximum absolute atomic E-state index is 12.5. The summed E-state index contributed by atoms with van der Waals surface area (Å²) < 4.78 is 60.6. The van der Waals surface area contributed by atoms with Crippen LogP contribution in [-0.4, -0.2) is 42.8 Å². The topological polar surface area (TPSA) is 86.1 Å². The van der Waals surface area contributed by atoms with Crippen LogP contribution in [0.15, 0.2) is 18.3 Å². The largest absolute Gasteiger partial charge is 0.511 e. The van der Waals surface area contributed by atoms with Crippen LogP contribution in [0.25, 0.3) is 0 Å². The minimum atomic E-state index is -5.26. The summed E-state index contributed by atoms with van der Waals surface area (Å²) in [5.41, 5.74) is -4.88. The monoisotopic (exact) mass is 348 g/mol. The van der Waals surface area contributed by atoms with Crippen LogP contribution < -0.4 is 5.32 Å². The lowest BCUT2D eigenvalue weighted by Gasteiger charge is -2.31. The molecule has 23 heavy (non-hydrogen) atoms. The SMILES string of the molecule is N#Cc1cccnc1NCC1CCN(S(=O)(=O)C(F)(F)F)CC1. The van der Waals surface area contributed by atoms with Gasteiger partial charge in [0.15, 0.2) is 0 Å². The van der Waals surface area contributed by atoms with Crippen LogP contribution in [-0.2, 0) is 10.0 Å². The van der Waals surface area contributed by atoms with Crippen LogP contribution in [0.2, 0.25) is 0 Å². The lowest BCUT2D eigenvalue weighted by molar-refractivity contribution is -0.0496. The van der Waals surface area contributed by atoms with E-state index in [0.29, 0.717) is 35.1 Å². The fraction of sp³-hybridized carbons (Fsp3) is 0.538. The van der Waals surface area contributed by atoms with Crippen LogP contribution in [0.3, 0.4) is 0 Å². The molecule has 1 aromatic rings. The molecule has 10 heteroatoms. The molecule has 0 spiro atoms. The number of nitriles is 1. The Morgan fingerprint density at radius 3 is 2.61 bits per heavy atom. The number of alkyl halides is 3. The fourth-order valence-corrected chi connectivity index (χ4v) is 3.36. The highest BCUT2D eigenvalue weighted by molar-refractivity contribution is 7.90. The zero-order chi connectivity index (χ0) is 17.1. The summed E-state index contributed by atoms with van der Waals surface area (Å²) in [5.74, 6) is 0.434. The Morgan fingerprint density at radius 2 is 2.04 bits per heavy atom. The Morgan fingerprint density at radius 1 is 1.39 bits per heavy atom. The molecule has 1 aromatic heterocycles. The van der Waals surface area contributed by atoms with Gasteiger partial charge >= 0.3 is 15.5 Å². The molecule has 2 rings (SSSR count). The lowest BCUT2D eigenvalue weighted by atomic mass is 9.98. The van der Waals surface area contributed by atoms with E-state index < -0.39 is 15.5 Å². The zero-order valence-electron chi connectivity index (χ0n) is 12.0. The third-order valence-corrected chi connectivity index (χ3v) is 5.32. The van der Waals surface area contributed by atoms with Crippen LogP contribution in [0.5, 0.6) is 0 Å². The summed E-state index contributed by atoms with van der Waals surface area (Å²) in [4.78, 5) is 4.03. The Kier molecular flexibility index (Phi) is 5.11. The molecule has 126 valence electrons. The van der Waals surface area contributed by atoms with Crippen LogP contribution >= 0.6 is 0 Å². The lowest BCUT2D eigenvalue weighted by Crippen LogP contribution is -2.45. The van der Waals surface area contributed by atoms with E-state index in [1.54, 1.807) is 12.1 Å². The van der Waals surface area contributed by atoms with Crippen molar-refractivity contribution in [1.82, 2.24) is 9.29 Å². The van der Waals surface area contributed by atoms with Crippen molar-refractivity contribution in [3.8, 4) is 6.07 Å². The first-order chi connectivity index (χ1) is 10.8. The molecule has 0 saturated carbocycles. The molecule has 0 aliphatic carbocycles. The number of hydrogen-bond donors (Lipinski definition) is 1. The molecule has 1 saturated heterocycles. The average Bonchev–Trinajstić information content (AvgIpc) is 2.52. The highest BCUT2D eigenvalue weighted by Gasteiger charge is 2.50. The number of nitrogens with zero attached hydrogens (tertiary/aromatic N) is 3. The van der Waals surface area contributed by atoms with Crippen molar-refractivity contribution in [2.75, 3.05) is 25.0 Å². The van der Waals surface area contributed by atoms with Crippen molar-refractivity contribution in [2.45, 2.75) is 18.3 Å². The van der Waals surface area contributed by atoms with Gasteiger partial charge in [-0.3, -0.25) is 0 Å². The summed E-state index contributed by atoms with van der Waals surface area (Å²) in [5, 5.41) is 11.9. The molecular formula is C13H15F3N4O2S. The molecular weight excluding hydrogens is 333 g/mol. The summed E-state index contributed by atoms with van der Waals surface area (Å²) >= 11 is 0. The van der Waals surface area contributed by atoms with Gasteiger partial charge in [-0.15, -0.1) is 0 Å². The molecule has 1 aliphatic heterocycles. The third kappa shape index (κ3) is 3.92. The number of nitrogens with one attached hydrogen (secondary N) is 1. The van der Waals surface area contributed by atoms with Gasteiger partial charge in [0.25, 0.3) is 0 Å². The third-order valence-electron chi connectivity index (χ3n) is 3.69. The van der Waals surface area contributed by atoms with E-state index in [0.717, 1.165) is 0 Å². The summed E-state index contributed by atoms with van der Waals surface area (Å²) in [6.45, 7) is 0.0919. The first-order valence-corrected chi connectivity index (χ1v) is 8.35. The van der Waals surface area contributed by atoms with Crippen molar-refractivity contribution < 1.29 is 21.6 Å². The summed E-state index contributed by atoms with van der Waals surface area (Å²) in [7, 11) is -5.24. The van der Waals surface area contributed by atoms with Gasteiger partial charge in [0, 0.05) is 25.8 Å². The van der Waals surface area contributed by atoms with Crippen molar-refractivity contribution >= 4 is 15.8 Å². The number of rotatable bonds is 4. The van der Waals surface area contributed by atoms with Crippen LogP contribution in [0.1, 0.15) is 18.4 Å². The number of halogens is 3. The van der Waals surface area contributed by atoms with Gasteiger partial charge in [-0.1, -0.05) is 0 Å². The molecule has 1 aliphatic rings. The van der Waals surface area contributed by atoms with Gasteiger partial charge in [0.05, 0.1) is 5.56 Å². The number of sulfonamides is 1. The molecule has 0 unspecified atom stereocenters. The van der Waals surface area contributed by atoms with Crippen LogP contribution in [0.4, 0.5) is 19.0 Å². The maximum atomic E-state index is 12.5. The number of aromatic nitrogens is 1. The van der Waals surface area contributed by atoms with Gasteiger partial charge in [0.2, 0.25) is 0 Å². The Hall–Kier alpha value is -1.86. The van der Waals surface area contributed by atoms with Crippen molar-refractivity contribution in [3.63, 3.8) is 0 Å². The predicted molar refractivity (Wildman–Crippen MR) is 76.7 cm³/mol. The second-order valence-corrected chi connectivity index (χ2v) is 7.11. The van der Waals surface area contributed by atoms with Gasteiger partial charge in [-0.2, -0.15) is 22.7 Å². The Balaban J connectivity index is 1.90. The van der Waals surface area contributed by atoms with E-state index in [-0.39, 0.29) is 19.0 Å². The molecule has 0 aromatic carbocycles. The van der Waals surface area contributed by atoms with E-state index in [1.165, 1.54) is 6.20 Å². The molecule has 1 N–H and O–H groups in total. The first kappa shape index (κ1) is 17.5. The predicted octanol–water partition coefficient (Wildman–Crippen LogP) is 1.93. The number of piperidine rings is 1. The van der Waals surface area contributed by atoms with Crippen molar-refractivity contribution in [2.24, 2.45) is 5.92 Å².